The summed E-state index contributed by atoms with van der Waals surface area (Å²) in [6.07, 6.45) is 2.91. The molecule has 0 spiro atoms. The number of carbonyl (C=O) groups excluding carboxylic acids is 1. The highest BCUT2D eigenvalue weighted by Gasteiger charge is 2.24. The second-order valence-corrected chi connectivity index (χ2v) is 7.42. The first-order valence-electron chi connectivity index (χ1n) is 7.01. The third-order valence-electron chi connectivity index (χ3n) is 3.89. The summed E-state index contributed by atoms with van der Waals surface area (Å²) in [6.45, 7) is 2.20. The summed E-state index contributed by atoms with van der Waals surface area (Å²) in [7, 11) is 0. The van der Waals surface area contributed by atoms with Gasteiger partial charge < -0.3 is 5.32 Å². The maximum Gasteiger partial charge on any atom is 0.256 e. The number of hydrogen-bond acceptors (Lipinski definition) is 2. The van der Waals surface area contributed by atoms with Crippen molar-refractivity contribution in [2.24, 2.45) is 5.92 Å². The zero-order valence-electron chi connectivity index (χ0n) is 11.9. The second kappa shape index (κ2) is 6.08. The average Bonchev–Trinajstić information content (AvgIpc) is 2.85. The molecular formula is C16H14BrF2NOS. The minimum Gasteiger partial charge on any atom is -0.318 e. The van der Waals surface area contributed by atoms with Crippen molar-refractivity contribution < 1.29 is 13.6 Å². The molecule has 0 aliphatic heterocycles. The van der Waals surface area contributed by atoms with Crippen LogP contribution in [0.25, 0.3) is 0 Å². The van der Waals surface area contributed by atoms with Crippen LogP contribution in [0.3, 0.4) is 0 Å². The summed E-state index contributed by atoms with van der Waals surface area (Å²) in [5, 5.41) is 4.38. The zero-order chi connectivity index (χ0) is 15.9. The molecule has 1 unspecified atom stereocenters. The third kappa shape index (κ3) is 2.94. The summed E-state index contributed by atoms with van der Waals surface area (Å²) in [6, 6.07) is 1.88. The molecule has 22 heavy (non-hydrogen) atoms. The standard InChI is InChI=1S/C16H14BrF2NOS/c1-8-2-3-10-11(7-22-14(10)4-8)16(21)20-15-12(17)5-9(18)6-13(15)19/h5-8H,2-4H2,1H3,(H,20,21). The Kier molecular flexibility index (Phi) is 4.32. The molecule has 1 amide bonds. The van der Waals surface area contributed by atoms with Crippen molar-refractivity contribution in [3.8, 4) is 0 Å². The minimum absolute atomic E-state index is 0.0319. The first-order chi connectivity index (χ1) is 10.5. The molecule has 1 aromatic heterocycles. The van der Waals surface area contributed by atoms with Gasteiger partial charge in [-0.1, -0.05) is 6.92 Å². The van der Waals surface area contributed by atoms with Crippen molar-refractivity contribution in [2.75, 3.05) is 5.32 Å². The van der Waals surface area contributed by atoms with Crippen LogP contribution in [-0.2, 0) is 12.8 Å². The van der Waals surface area contributed by atoms with Gasteiger partial charge in [0.15, 0.2) is 5.82 Å². The van der Waals surface area contributed by atoms with E-state index in [0.717, 1.165) is 37.0 Å². The Bertz CT molecular complexity index is 721. The van der Waals surface area contributed by atoms with Gasteiger partial charge in [-0.3, -0.25) is 4.79 Å². The van der Waals surface area contributed by atoms with Crippen molar-refractivity contribution >= 4 is 38.9 Å². The number of fused-ring (bicyclic) bond motifs is 1. The van der Waals surface area contributed by atoms with E-state index in [1.165, 1.54) is 4.88 Å². The molecule has 1 aliphatic carbocycles. The Morgan fingerprint density at radius 1 is 1.41 bits per heavy atom. The first kappa shape index (κ1) is 15.6. The summed E-state index contributed by atoms with van der Waals surface area (Å²) < 4.78 is 27.1. The van der Waals surface area contributed by atoms with Crippen molar-refractivity contribution in [3.05, 3.63) is 49.6 Å². The number of nitrogens with one attached hydrogen (secondary N) is 1. The Labute approximate surface area is 139 Å². The number of halogens is 3. The molecule has 1 heterocycles. The summed E-state index contributed by atoms with van der Waals surface area (Å²) in [5.74, 6) is -1.20. The van der Waals surface area contributed by atoms with Gasteiger partial charge in [0.2, 0.25) is 0 Å². The Morgan fingerprint density at radius 3 is 2.91 bits per heavy atom. The van der Waals surface area contributed by atoms with E-state index in [2.05, 4.69) is 28.2 Å². The number of hydrogen-bond donors (Lipinski definition) is 1. The predicted molar refractivity (Wildman–Crippen MR) is 87.5 cm³/mol. The van der Waals surface area contributed by atoms with Crippen LogP contribution in [0.5, 0.6) is 0 Å². The molecule has 0 saturated heterocycles. The molecule has 0 radical (unpaired) electrons. The molecule has 1 atom stereocenters. The maximum atomic E-state index is 13.8. The zero-order valence-corrected chi connectivity index (χ0v) is 14.3. The number of carbonyl (C=O) groups is 1. The Morgan fingerprint density at radius 2 is 2.18 bits per heavy atom. The largest absolute Gasteiger partial charge is 0.318 e. The van der Waals surface area contributed by atoms with Gasteiger partial charge in [0.1, 0.15) is 5.82 Å². The van der Waals surface area contributed by atoms with E-state index in [1.54, 1.807) is 11.3 Å². The number of anilines is 1. The van der Waals surface area contributed by atoms with Crippen molar-refractivity contribution in [2.45, 2.75) is 26.2 Å². The van der Waals surface area contributed by atoms with Gasteiger partial charge in [0.05, 0.1) is 11.3 Å². The fourth-order valence-electron chi connectivity index (χ4n) is 2.71. The minimum atomic E-state index is -0.794. The van der Waals surface area contributed by atoms with Crippen LogP contribution in [0.2, 0.25) is 0 Å². The lowest BCUT2D eigenvalue weighted by Crippen LogP contribution is -2.17. The average molecular weight is 386 g/mol. The predicted octanol–water partition coefficient (Wildman–Crippen LogP) is 5.17. The van der Waals surface area contributed by atoms with Crippen LogP contribution in [-0.4, -0.2) is 5.91 Å². The van der Waals surface area contributed by atoms with E-state index in [9.17, 15) is 13.6 Å². The molecule has 1 aromatic carbocycles. The number of amides is 1. The van der Waals surface area contributed by atoms with E-state index >= 15 is 0 Å². The molecule has 2 aromatic rings. The molecule has 116 valence electrons. The maximum absolute atomic E-state index is 13.8. The van der Waals surface area contributed by atoms with Gasteiger partial charge in [-0.25, -0.2) is 8.78 Å². The van der Waals surface area contributed by atoms with E-state index < -0.39 is 11.6 Å². The lowest BCUT2D eigenvalue weighted by atomic mass is 9.88. The van der Waals surface area contributed by atoms with E-state index in [4.69, 9.17) is 0 Å². The molecule has 3 rings (SSSR count). The van der Waals surface area contributed by atoms with Crippen molar-refractivity contribution in [3.63, 3.8) is 0 Å². The SMILES string of the molecule is CC1CCc2c(C(=O)Nc3c(F)cc(F)cc3Br)csc2C1. The molecular weight excluding hydrogens is 372 g/mol. The monoisotopic (exact) mass is 385 g/mol. The smallest absolute Gasteiger partial charge is 0.256 e. The van der Waals surface area contributed by atoms with Crippen LogP contribution >= 0.6 is 27.3 Å². The van der Waals surface area contributed by atoms with Gasteiger partial charge in [0.25, 0.3) is 5.91 Å². The highest BCUT2D eigenvalue weighted by molar-refractivity contribution is 9.10. The number of rotatable bonds is 2. The lowest BCUT2D eigenvalue weighted by molar-refractivity contribution is 0.102. The second-order valence-electron chi connectivity index (χ2n) is 5.60. The van der Waals surface area contributed by atoms with Gasteiger partial charge in [-0.15, -0.1) is 11.3 Å². The molecule has 1 N–H and O–H groups in total. The fraction of sp³-hybridized carbons (Fsp3) is 0.312. The topological polar surface area (TPSA) is 29.1 Å². The summed E-state index contributed by atoms with van der Waals surface area (Å²) in [5.41, 5.74) is 1.64. The van der Waals surface area contributed by atoms with E-state index in [0.29, 0.717) is 11.5 Å². The van der Waals surface area contributed by atoms with Crippen LogP contribution in [0.1, 0.15) is 34.1 Å². The molecule has 0 fully saturated rings. The fourth-order valence-corrected chi connectivity index (χ4v) is 4.46. The van der Waals surface area contributed by atoms with Crippen LogP contribution in [0, 0.1) is 17.6 Å². The van der Waals surface area contributed by atoms with Crippen LogP contribution in [0.4, 0.5) is 14.5 Å². The molecule has 1 aliphatic rings. The molecule has 0 bridgehead atoms. The highest BCUT2D eigenvalue weighted by Crippen LogP contribution is 2.34. The van der Waals surface area contributed by atoms with Crippen LogP contribution < -0.4 is 5.32 Å². The normalized spacial score (nSPS) is 17.2. The van der Waals surface area contributed by atoms with Gasteiger partial charge in [0, 0.05) is 20.8 Å². The van der Waals surface area contributed by atoms with Crippen molar-refractivity contribution in [1.82, 2.24) is 0 Å². The summed E-state index contributed by atoms with van der Waals surface area (Å²) in [4.78, 5) is 13.7. The molecule has 6 heteroatoms. The van der Waals surface area contributed by atoms with E-state index in [-0.39, 0.29) is 16.1 Å². The highest BCUT2D eigenvalue weighted by atomic mass is 79.9. The summed E-state index contributed by atoms with van der Waals surface area (Å²) >= 11 is 4.66. The van der Waals surface area contributed by atoms with Crippen LogP contribution in [0.15, 0.2) is 22.0 Å². The van der Waals surface area contributed by atoms with Crippen molar-refractivity contribution in [1.29, 1.82) is 0 Å². The van der Waals surface area contributed by atoms with Gasteiger partial charge >= 0.3 is 0 Å². The molecule has 2 nitrogen and oxygen atoms in total. The quantitative estimate of drug-likeness (QED) is 0.759. The van der Waals surface area contributed by atoms with Gasteiger partial charge in [-0.2, -0.15) is 0 Å². The Hall–Kier alpha value is -1.27. The number of thiophene rings is 1. The van der Waals surface area contributed by atoms with E-state index in [1.807, 2.05) is 5.38 Å². The lowest BCUT2D eigenvalue weighted by Gasteiger charge is -2.19. The van der Waals surface area contributed by atoms with Gasteiger partial charge in [-0.05, 0) is 52.7 Å². The number of benzene rings is 1. The molecule has 0 saturated carbocycles. The first-order valence-corrected chi connectivity index (χ1v) is 8.68. The Balaban J connectivity index is 1.87. The third-order valence-corrected chi connectivity index (χ3v) is 5.57.